The molecule has 2 heterocycles. The zero-order valence-corrected chi connectivity index (χ0v) is 13.4. The van der Waals surface area contributed by atoms with Crippen molar-refractivity contribution in [3.8, 4) is 5.82 Å². The van der Waals surface area contributed by atoms with Crippen molar-refractivity contribution in [2.75, 3.05) is 7.11 Å². The van der Waals surface area contributed by atoms with Crippen LogP contribution in [0, 0.1) is 0 Å². The van der Waals surface area contributed by atoms with E-state index in [1.807, 2.05) is 48.5 Å². The van der Waals surface area contributed by atoms with Crippen LogP contribution in [0.15, 0.2) is 66.0 Å². The van der Waals surface area contributed by atoms with E-state index in [0.29, 0.717) is 11.4 Å². The minimum Gasteiger partial charge on any atom is -0.465 e. The second kappa shape index (κ2) is 7.11. The summed E-state index contributed by atoms with van der Waals surface area (Å²) in [4.78, 5) is 16.3. The molecule has 0 radical (unpaired) electrons. The number of benzene rings is 1. The fourth-order valence-electron chi connectivity index (χ4n) is 2.09. The Morgan fingerprint density at radius 2 is 1.96 bits per heavy atom. The largest absolute Gasteiger partial charge is 0.465 e. The standard InChI is InChI=1S/C17H15N3O2S/c1-22-17(21)14-11-19-20(15-9-5-6-10-18-15)16(14)23-12-13-7-3-2-4-8-13/h2-11H,12H2,1H3. The second-order valence-corrected chi connectivity index (χ2v) is 5.69. The number of hydrogen-bond donors (Lipinski definition) is 0. The lowest BCUT2D eigenvalue weighted by atomic mass is 10.2. The van der Waals surface area contributed by atoms with Crippen molar-refractivity contribution >= 4 is 17.7 Å². The van der Waals surface area contributed by atoms with Crippen molar-refractivity contribution in [2.24, 2.45) is 0 Å². The Bertz CT molecular complexity index is 788. The van der Waals surface area contributed by atoms with E-state index in [4.69, 9.17) is 4.74 Å². The molecule has 0 unspecified atom stereocenters. The van der Waals surface area contributed by atoms with E-state index in [2.05, 4.69) is 10.1 Å². The number of thioether (sulfide) groups is 1. The van der Waals surface area contributed by atoms with Gasteiger partial charge in [0.15, 0.2) is 5.82 Å². The number of ether oxygens (including phenoxy) is 1. The molecule has 0 aliphatic rings. The predicted octanol–water partition coefficient (Wildman–Crippen LogP) is 3.35. The van der Waals surface area contributed by atoms with Gasteiger partial charge in [0.25, 0.3) is 0 Å². The molecule has 23 heavy (non-hydrogen) atoms. The Labute approximate surface area is 138 Å². The number of methoxy groups -OCH3 is 1. The molecule has 1 aromatic carbocycles. The molecule has 0 aliphatic carbocycles. The third-order valence-electron chi connectivity index (χ3n) is 3.22. The molecule has 5 nitrogen and oxygen atoms in total. The molecule has 0 atom stereocenters. The highest BCUT2D eigenvalue weighted by Crippen LogP contribution is 2.28. The highest BCUT2D eigenvalue weighted by molar-refractivity contribution is 7.98. The Morgan fingerprint density at radius 3 is 2.65 bits per heavy atom. The SMILES string of the molecule is COC(=O)c1cnn(-c2ccccn2)c1SCc1ccccc1. The lowest BCUT2D eigenvalue weighted by Crippen LogP contribution is -2.05. The summed E-state index contributed by atoms with van der Waals surface area (Å²) in [7, 11) is 1.37. The number of nitrogens with zero attached hydrogens (tertiary/aromatic N) is 3. The van der Waals surface area contributed by atoms with E-state index in [9.17, 15) is 4.79 Å². The van der Waals surface area contributed by atoms with Crippen LogP contribution in [0.25, 0.3) is 5.82 Å². The summed E-state index contributed by atoms with van der Waals surface area (Å²) < 4.78 is 6.52. The van der Waals surface area contributed by atoms with Gasteiger partial charge in [0.2, 0.25) is 0 Å². The molecule has 0 amide bonds. The molecular weight excluding hydrogens is 310 g/mol. The highest BCUT2D eigenvalue weighted by atomic mass is 32.2. The number of esters is 1. The number of carbonyl (C=O) groups is 1. The number of carbonyl (C=O) groups excluding carboxylic acids is 1. The van der Waals surface area contributed by atoms with Crippen LogP contribution >= 0.6 is 11.8 Å². The van der Waals surface area contributed by atoms with Gasteiger partial charge in [-0.3, -0.25) is 0 Å². The van der Waals surface area contributed by atoms with Crippen molar-refractivity contribution < 1.29 is 9.53 Å². The van der Waals surface area contributed by atoms with Crippen LogP contribution < -0.4 is 0 Å². The van der Waals surface area contributed by atoms with Crippen molar-refractivity contribution in [1.29, 1.82) is 0 Å². The lowest BCUT2D eigenvalue weighted by molar-refractivity contribution is 0.0596. The van der Waals surface area contributed by atoms with Gasteiger partial charge >= 0.3 is 5.97 Å². The molecule has 0 saturated heterocycles. The van der Waals surface area contributed by atoms with Gasteiger partial charge in [-0.05, 0) is 17.7 Å². The van der Waals surface area contributed by atoms with E-state index in [-0.39, 0.29) is 0 Å². The van der Waals surface area contributed by atoms with Gasteiger partial charge in [-0.15, -0.1) is 11.8 Å². The molecule has 0 aliphatic heterocycles. The quantitative estimate of drug-likeness (QED) is 0.532. The fourth-order valence-corrected chi connectivity index (χ4v) is 3.14. The summed E-state index contributed by atoms with van der Waals surface area (Å²) in [5, 5.41) is 5.02. The summed E-state index contributed by atoms with van der Waals surface area (Å²) >= 11 is 1.53. The van der Waals surface area contributed by atoms with Gasteiger partial charge in [-0.1, -0.05) is 36.4 Å². The maximum Gasteiger partial charge on any atom is 0.342 e. The zero-order chi connectivity index (χ0) is 16.1. The molecule has 0 bridgehead atoms. The molecule has 0 N–H and O–H groups in total. The summed E-state index contributed by atoms with van der Waals surface area (Å²) in [5.41, 5.74) is 1.61. The zero-order valence-electron chi connectivity index (χ0n) is 12.5. The van der Waals surface area contributed by atoms with E-state index in [1.165, 1.54) is 30.6 Å². The molecule has 6 heteroatoms. The normalized spacial score (nSPS) is 10.5. The van der Waals surface area contributed by atoms with E-state index >= 15 is 0 Å². The van der Waals surface area contributed by atoms with Crippen molar-refractivity contribution in [3.05, 3.63) is 72.1 Å². The van der Waals surface area contributed by atoms with Gasteiger partial charge in [0, 0.05) is 11.9 Å². The monoisotopic (exact) mass is 325 g/mol. The maximum absolute atomic E-state index is 12.0. The first-order valence-corrected chi connectivity index (χ1v) is 8.02. The number of aromatic nitrogens is 3. The Kier molecular flexibility index (Phi) is 4.73. The third-order valence-corrected chi connectivity index (χ3v) is 4.36. The van der Waals surface area contributed by atoms with Gasteiger partial charge in [-0.25, -0.2) is 14.5 Å². The van der Waals surface area contributed by atoms with Crippen LogP contribution in [0.4, 0.5) is 0 Å². The van der Waals surface area contributed by atoms with Crippen LogP contribution in [0.5, 0.6) is 0 Å². The molecule has 0 saturated carbocycles. The van der Waals surface area contributed by atoms with Crippen LogP contribution in [0.2, 0.25) is 0 Å². The minimum absolute atomic E-state index is 0.400. The van der Waals surface area contributed by atoms with Gasteiger partial charge in [0.1, 0.15) is 10.6 Å². The molecule has 3 rings (SSSR count). The summed E-state index contributed by atoms with van der Waals surface area (Å²) in [5.74, 6) is 0.990. The average molecular weight is 325 g/mol. The molecule has 2 aromatic heterocycles. The van der Waals surface area contributed by atoms with E-state index in [0.717, 1.165) is 10.8 Å². The van der Waals surface area contributed by atoms with Gasteiger partial charge < -0.3 is 4.74 Å². The lowest BCUT2D eigenvalue weighted by Gasteiger charge is -2.08. The minimum atomic E-state index is -0.400. The topological polar surface area (TPSA) is 57.0 Å². The number of hydrogen-bond acceptors (Lipinski definition) is 5. The molecular formula is C17H15N3O2S. The average Bonchev–Trinajstić information content (AvgIpc) is 3.05. The number of rotatable bonds is 5. The van der Waals surface area contributed by atoms with Gasteiger partial charge in [0.05, 0.1) is 13.3 Å². The van der Waals surface area contributed by atoms with E-state index < -0.39 is 5.97 Å². The molecule has 0 spiro atoms. The van der Waals surface area contributed by atoms with Crippen LogP contribution in [-0.4, -0.2) is 27.8 Å². The third kappa shape index (κ3) is 3.43. The summed E-state index contributed by atoms with van der Waals surface area (Å²) in [6.07, 6.45) is 3.22. The smallest absolute Gasteiger partial charge is 0.342 e. The Morgan fingerprint density at radius 1 is 1.17 bits per heavy atom. The van der Waals surface area contributed by atoms with Crippen molar-refractivity contribution in [3.63, 3.8) is 0 Å². The Hall–Kier alpha value is -2.60. The van der Waals surface area contributed by atoms with Crippen LogP contribution in [-0.2, 0) is 10.5 Å². The first-order chi connectivity index (χ1) is 11.3. The first-order valence-electron chi connectivity index (χ1n) is 7.04. The molecule has 116 valence electrons. The second-order valence-electron chi connectivity index (χ2n) is 4.73. The van der Waals surface area contributed by atoms with Crippen LogP contribution in [0.1, 0.15) is 15.9 Å². The van der Waals surface area contributed by atoms with Gasteiger partial charge in [-0.2, -0.15) is 5.10 Å². The summed E-state index contributed by atoms with van der Waals surface area (Å²) in [6.45, 7) is 0. The van der Waals surface area contributed by atoms with E-state index in [1.54, 1.807) is 10.9 Å². The fraction of sp³-hybridized carbons (Fsp3) is 0.118. The Balaban J connectivity index is 1.94. The van der Waals surface area contributed by atoms with Crippen molar-refractivity contribution in [1.82, 2.24) is 14.8 Å². The molecule has 0 fully saturated rings. The first kappa shape index (κ1) is 15.3. The van der Waals surface area contributed by atoms with Crippen LogP contribution in [0.3, 0.4) is 0 Å². The van der Waals surface area contributed by atoms with Crippen molar-refractivity contribution in [2.45, 2.75) is 10.8 Å². The highest BCUT2D eigenvalue weighted by Gasteiger charge is 2.20. The predicted molar refractivity (Wildman–Crippen MR) is 88.7 cm³/mol. The maximum atomic E-state index is 12.0. The number of pyridine rings is 1. The molecule has 3 aromatic rings. The summed E-state index contributed by atoms with van der Waals surface area (Å²) in [6, 6.07) is 15.6.